The predicted octanol–water partition coefficient (Wildman–Crippen LogP) is 2.54. The van der Waals surface area contributed by atoms with Crippen molar-refractivity contribution in [1.82, 2.24) is 0 Å². The molecular weight excluding hydrogens is 365 g/mol. The number of nitrogens with two attached hydrogens (primary N) is 1. The van der Waals surface area contributed by atoms with Crippen LogP contribution in [0.15, 0.2) is 42.5 Å². The molecule has 0 saturated heterocycles. The molecule has 0 heterocycles. The molecule has 0 bridgehead atoms. The molecule has 0 fully saturated rings. The number of rotatable bonds is 7. The van der Waals surface area contributed by atoms with Crippen LogP contribution in [-0.2, 0) is 16.0 Å². The molecule has 0 amide bonds. The number of carbonyl (C=O) groups excluding carboxylic acids is 1. The Kier molecular flexibility index (Phi) is 8.15. The molecule has 2 aromatic carbocycles. The molecule has 2 rings (SSSR count). The number of benzene rings is 2. The second-order valence-corrected chi connectivity index (χ2v) is 5.65. The van der Waals surface area contributed by atoms with Crippen LogP contribution in [0.25, 0.3) is 0 Å². The van der Waals surface area contributed by atoms with Crippen LogP contribution in [0, 0.1) is 5.82 Å². The highest BCUT2D eigenvalue weighted by molar-refractivity contribution is 5.85. The zero-order valence-electron chi connectivity index (χ0n) is 14.1. The summed E-state index contributed by atoms with van der Waals surface area (Å²) in [5.74, 6) is -1.03. The lowest BCUT2D eigenvalue weighted by atomic mass is 10.1. The van der Waals surface area contributed by atoms with Gasteiger partial charge in [0.05, 0.1) is 0 Å². The smallest absolute Gasteiger partial charge is 0.323 e. The summed E-state index contributed by atoms with van der Waals surface area (Å²) in [4.78, 5) is 12.0. The maximum atomic E-state index is 12.8. The Balaban J connectivity index is 0.00000338. The van der Waals surface area contributed by atoms with Crippen molar-refractivity contribution in [3.63, 3.8) is 0 Å². The van der Waals surface area contributed by atoms with Crippen LogP contribution in [0.4, 0.5) is 4.39 Å². The summed E-state index contributed by atoms with van der Waals surface area (Å²) in [5.41, 5.74) is 6.40. The molecular formula is C18H21ClFNO5. The summed E-state index contributed by atoms with van der Waals surface area (Å²) in [6.45, 7) is 1.75. The number of carbonyl (C=O) groups is 1. The SMILES string of the molecule is C[C@@H](COc1ccc(F)cc1)OC(=O)[C@@H](N)Cc1ccc(O)c(O)c1.Cl. The van der Waals surface area contributed by atoms with Crippen molar-refractivity contribution in [3.8, 4) is 17.2 Å². The van der Waals surface area contributed by atoms with E-state index in [0.717, 1.165) is 0 Å². The minimum atomic E-state index is -0.919. The van der Waals surface area contributed by atoms with Crippen molar-refractivity contribution in [2.75, 3.05) is 6.61 Å². The molecule has 0 aliphatic rings. The summed E-state index contributed by atoms with van der Waals surface area (Å²) in [5, 5.41) is 18.7. The van der Waals surface area contributed by atoms with Gasteiger partial charge in [0.2, 0.25) is 0 Å². The molecule has 0 saturated carbocycles. The quantitative estimate of drug-likeness (QED) is 0.500. The summed E-state index contributed by atoms with van der Waals surface area (Å²) in [6.07, 6.45) is -0.394. The molecule has 2 aromatic rings. The minimum absolute atomic E-state index is 0. The standard InChI is InChI=1S/C18H20FNO5.ClH/c1-11(10-24-14-5-3-13(19)4-6-14)25-18(23)15(20)8-12-2-7-16(21)17(22)9-12;/h2-7,9,11,15,21-22H,8,10,20H2,1H3;1H/t11-,15-;/m0./s1. The Morgan fingerprint density at radius 2 is 1.81 bits per heavy atom. The van der Waals surface area contributed by atoms with Crippen LogP contribution in [0.5, 0.6) is 17.2 Å². The molecule has 4 N–H and O–H groups in total. The third-order valence-electron chi connectivity index (χ3n) is 3.41. The van der Waals surface area contributed by atoms with Gasteiger partial charge in [-0.2, -0.15) is 0 Å². The van der Waals surface area contributed by atoms with Gasteiger partial charge < -0.3 is 25.4 Å². The zero-order chi connectivity index (χ0) is 18.4. The number of hydrogen-bond donors (Lipinski definition) is 3. The molecule has 142 valence electrons. The average Bonchev–Trinajstić information content (AvgIpc) is 2.57. The summed E-state index contributed by atoms with van der Waals surface area (Å²) in [6, 6.07) is 8.80. The van der Waals surface area contributed by atoms with Crippen molar-refractivity contribution in [1.29, 1.82) is 0 Å². The fourth-order valence-electron chi connectivity index (χ4n) is 2.10. The number of phenolic OH excluding ortho intramolecular Hbond substituents is 2. The number of ether oxygens (including phenoxy) is 2. The van der Waals surface area contributed by atoms with E-state index in [-0.39, 0.29) is 42.8 Å². The van der Waals surface area contributed by atoms with E-state index in [4.69, 9.17) is 15.2 Å². The maximum absolute atomic E-state index is 12.8. The van der Waals surface area contributed by atoms with Gasteiger partial charge in [0.1, 0.15) is 30.3 Å². The van der Waals surface area contributed by atoms with Crippen molar-refractivity contribution >= 4 is 18.4 Å². The van der Waals surface area contributed by atoms with E-state index in [1.807, 2.05) is 0 Å². The maximum Gasteiger partial charge on any atom is 0.323 e. The van der Waals surface area contributed by atoms with Crippen molar-refractivity contribution in [3.05, 3.63) is 53.8 Å². The van der Waals surface area contributed by atoms with Crippen LogP contribution in [0.3, 0.4) is 0 Å². The molecule has 0 aromatic heterocycles. The molecule has 6 nitrogen and oxygen atoms in total. The molecule has 8 heteroatoms. The van der Waals surface area contributed by atoms with Gasteiger partial charge in [-0.05, 0) is 55.3 Å². The van der Waals surface area contributed by atoms with Gasteiger partial charge in [-0.1, -0.05) is 6.07 Å². The topological polar surface area (TPSA) is 102 Å². The van der Waals surface area contributed by atoms with Crippen LogP contribution in [0.1, 0.15) is 12.5 Å². The van der Waals surface area contributed by atoms with E-state index < -0.39 is 18.1 Å². The molecule has 0 aliphatic carbocycles. The van der Waals surface area contributed by atoms with Gasteiger partial charge in [-0.15, -0.1) is 12.4 Å². The number of aromatic hydroxyl groups is 2. The summed E-state index contributed by atoms with van der Waals surface area (Å²) < 4.78 is 23.4. The highest BCUT2D eigenvalue weighted by Gasteiger charge is 2.19. The second kappa shape index (κ2) is 9.84. The number of hydrogen-bond acceptors (Lipinski definition) is 6. The van der Waals surface area contributed by atoms with Gasteiger partial charge in [0.15, 0.2) is 11.5 Å². The van der Waals surface area contributed by atoms with Crippen molar-refractivity contribution in [2.45, 2.75) is 25.5 Å². The van der Waals surface area contributed by atoms with Crippen LogP contribution in [0.2, 0.25) is 0 Å². The first-order chi connectivity index (χ1) is 11.8. The highest BCUT2D eigenvalue weighted by Crippen LogP contribution is 2.25. The third kappa shape index (κ3) is 6.42. The average molecular weight is 386 g/mol. The fourth-order valence-corrected chi connectivity index (χ4v) is 2.10. The van der Waals surface area contributed by atoms with Gasteiger partial charge in [0, 0.05) is 0 Å². The fraction of sp³-hybridized carbons (Fsp3) is 0.278. The van der Waals surface area contributed by atoms with E-state index in [2.05, 4.69) is 0 Å². The zero-order valence-corrected chi connectivity index (χ0v) is 14.9. The Morgan fingerprint density at radius 3 is 2.42 bits per heavy atom. The van der Waals surface area contributed by atoms with Gasteiger partial charge in [-0.3, -0.25) is 4.79 Å². The second-order valence-electron chi connectivity index (χ2n) is 5.65. The number of phenols is 2. The predicted molar refractivity (Wildman–Crippen MR) is 96.1 cm³/mol. The molecule has 0 aliphatic heterocycles. The first kappa shape index (κ1) is 21.5. The monoisotopic (exact) mass is 385 g/mol. The van der Waals surface area contributed by atoms with Gasteiger partial charge in [0.25, 0.3) is 0 Å². The molecule has 0 radical (unpaired) electrons. The first-order valence-corrected chi connectivity index (χ1v) is 7.70. The summed E-state index contributed by atoms with van der Waals surface area (Å²) in [7, 11) is 0. The van der Waals surface area contributed by atoms with Crippen molar-refractivity contribution < 1.29 is 28.9 Å². The highest BCUT2D eigenvalue weighted by atomic mass is 35.5. The lowest BCUT2D eigenvalue weighted by Gasteiger charge is -2.17. The first-order valence-electron chi connectivity index (χ1n) is 7.70. The van der Waals surface area contributed by atoms with E-state index in [0.29, 0.717) is 11.3 Å². The van der Waals surface area contributed by atoms with Crippen LogP contribution < -0.4 is 10.5 Å². The van der Waals surface area contributed by atoms with Crippen LogP contribution in [-0.4, -0.2) is 34.9 Å². The van der Waals surface area contributed by atoms with Gasteiger partial charge >= 0.3 is 5.97 Å². The van der Waals surface area contributed by atoms with E-state index in [1.54, 1.807) is 13.0 Å². The minimum Gasteiger partial charge on any atom is -0.504 e. The molecule has 2 atom stereocenters. The summed E-state index contributed by atoms with van der Waals surface area (Å²) >= 11 is 0. The Bertz CT molecular complexity index is 726. The number of esters is 1. The van der Waals surface area contributed by atoms with E-state index in [9.17, 15) is 19.4 Å². The lowest BCUT2D eigenvalue weighted by Crippen LogP contribution is -2.37. The Labute approximate surface area is 156 Å². The Hall–Kier alpha value is -2.51. The van der Waals surface area contributed by atoms with E-state index >= 15 is 0 Å². The lowest BCUT2D eigenvalue weighted by molar-refractivity contribution is -0.151. The largest absolute Gasteiger partial charge is 0.504 e. The molecule has 0 spiro atoms. The van der Waals surface area contributed by atoms with Gasteiger partial charge in [-0.25, -0.2) is 4.39 Å². The normalized spacial score (nSPS) is 12.6. The number of halogens is 2. The Morgan fingerprint density at radius 1 is 1.15 bits per heavy atom. The van der Waals surface area contributed by atoms with Crippen molar-refractivity contribution in [2.24, 2.45) is 5.73 Å². The van der Waals surface area contributed by atoms with E-state index in [1.165, 1.54) is 36.4 Å². The molecule has 0 unspecified atom stereocenters. The molecule has 26 heavy (non-hydrogen) atoms. The third-order valence-corrected chi connectivity index (χ3v) is 3.41. The van der Waals surface area contributed by atoms with Crippen LogP contribution >= 0.6 is 12.4 Å².